The summed E-state index contributed by atoms with van der Waals surface area (Å²) in [6.07, 6.45) is 2.87. The highest BCUT2D eigenvalue weighted by atomic mass is 16.4. The Morgan fingerprint density at radius 2 is 1.94 bits per heavy atom. The first kappa shape index (κ1) is 23.3. The van der Waals surface area contributed by atoms with E-state index in [2.05, 4.69) is 15.6 Å². The molecule has 0 radical (unpaired) electrons. The number of H-pyrrole nitrogens is 1. The Balaban J connectivity index is 1.68. The highest BCUT2D eigenvalue weighted by molar-refractivity contribution is 5.94. The molecule has 172 valence electrons. The van der Waals surface area contributed by atoms with Crippen molar-refractivity contribution in [1.82, 2.24) is 20.5 Å². The van der Waals surface area contributed by atoms with Crippen LogP contribution in [0, 0.1) is 0 Å². The van der Waals surface area contributed by atoms with Crippen molar-refractivity contribution < 1.29 is 24.3 Å². The van der Waals surface area contributed by atoms with Crippen molar-refractivity contribution in [3.63, 3.8) is 0 Å². The van der Waals surface area contributed by atoms with Gasteiger partial charge in [-0.2, -0.15) is 0 Å². The monoisotopic (exact) mass is 443 g/mol. The number of rotatable bonds is 8. The Bertz CT molecular complexity index is 1020. The zero-order chi connectivity index (χ0) is 23.4. The Hall–Kier alpha value is -3.40. The summed E-state index contributed by atoms with van der Waals surface area (Å²) in [5.74, 6) is -2.54. The van der Waals surface area contributed by atoms with Crippen molar-refractivity contribution >= 4 is 34.6 Å². The van der Waals surface area contributed by atoms with Crippen LogP contribution in [0.5, 0.6) is 0 Å². The molecule has 10 nitrogen and oxygen atoms in total. The lowest BCUT2D eigenvalue weighted by Crippen LogP contribution is -2.56. The number of benzene rings is 1. The first-order valence-electron chi connectivity index (χ1n) is 10.6. The summed E-state index contributed by atoms with van der Waals surface area (Å²) in [4.78, 5) is 53.9. The zero-order valence-electron chi connectivity index (χ0n) is 18.1. The molecular weight excluding hydrogens is 414 g/mol. The van der Waals surface area contributed by atoms with E-state index < -0.39 is 47.9 Å². The van der Waals surface area contributed by atoms with Gasteiger partial charge in [0.05, 0.1) is 6.04 Å². The summed E-state index contributed by atoms with van der Waals surface area (Å²) < 4.78 is 0. The molecule has 1 aliphatic rings. The number of nitrogens with one attached hydrogen (secondary N) is 3. The number of carboxylic acids is 1. The lowest BCUT2D eigenvalue weighted by atomic mass is 10.0. The minimum atomic E-state index is -1.16. The minimum absolute atomic E-state index is 0.104. The first-order valence-corrected chi connectivity index (χ1v) is 10.6. The van der Waals surface area contributed by atoms with Crippen LogP contribution in [0.2, 0.25) is 0 Å². The van der Waals surface area contributed by atoms with Crippen LogP contribution in [0.3, 0.4) is 0 Å². The van der Waals surface area contributed by atoms with E-state index in [1.165, 1.54) is 18.7 Å². The topological polar surface area (TPSA) is 158 Å². The molecular formula is C22H29N5O5. The van der Waals surface area contributed by atoms with Crippen LogP contribution in [0.1, 0.15) is 32.3 Å². The number of aliphatic carboxylic acids is 1. The Morgan fingerprint density at radius 3 is 2.62 bits per heavy atom. The third-order valence-corrected chi connectivity index (χ3v) is 5.69. The molecule has 0 spiro atoms. The van der Waals surface area contributed by atoms with Crippen molar-refractivity contribution in [1.29, 1.82) is 0 Å². The molecule has 0 aliphatic carbocycles. The van der Waals surface area contributed by atoms with Crippen molar-refractivity contribution in [2.45, 2.75) is 57.3 Å². The van der Waals surface area contributed by atoms with Gasteiger partial charge in [-0.1, -0.05) is 18.2 Å². The Morgan fingerprint density at radius 1 is 1.22 bits per heavy atom. The quantitative estimate of drug-likeness (QED) is 0.390. The van der Waals surface area contributed by atoms with Crippen LogP contribution in [-0.4, -0.2) is 69.4 Å². The van der Waals surface area contributed by atoms with Gasteiger partial charge in [0.1, 0.15) is 18.1 Å². The zero-order valence-corrected chi connectivity index (χ0v) is 18.1. The molecule has 2 heterocycles. The molecule has 10 heteroatoms. The van der Waals surface area contributed by atoms with Crippen molar-refractivity contribution in [3.05, 3.63) is 36.0 Å². The predicted octanol–water partition coefficient (Wildman–Crippen LogP) is 0.123. The second-order valence-electron chi connectivity index (χ2n) is 8.17. The minimum Gasteiger partial charge on any atom is -0.480 e. The number of nitrogens with zero attached hydrogens (tertiary/aromatic N) is 1. The van der Waals surface area contributed by atoms with Gasteiger partial charge in [0.2, 0.25) is 17.7 Å². The molecule has 1 fully saturated rings. The van der Waals surface area contributed by atoms with Gasteiger partial charge < -0.3 is 31.4 Å². The second-order valence-corrected chi connectivity index (χ2v) is 8.17. The van der Waals surface area contributed by atoms with Crippen molar-refractivity contribution in [2.75, 3.05) is 6.54 Å². The summed E-state index contributed by atoms with van der Waals surface area (Å²) in [6.45, 7) is 3.40. The van der Waals surface area contributed by atoms with E-state index >= 15 is 0 Å². The predicted molar refractivity (Wildman–Crippen MR) is 118 cm³/mol. The highest BCUT2D eigenvalue weighted by Crippen LogP contribution is 2.21. The first-order chi connectivity index (χ1) is 15.2. The number of aromatic nitrogens is 1. The molecule has 1 aromatic carbocycles. The van der Waals surface area contributed by atoms with Crippen LogP contribution in [0.15, 0.2) is 30.5 Å². The summed E-state index contributed by atoms with van der Waals surface area (Å²) in [5, 5.41) is 15.7. The highest BCUT2D eigenvalue weighted by Gasteiger charge is 2.38. The molecule has 4 unspecified atom stereocenters. The SMILES string of the molecule is CC(N)C(=O)NC(C)C(=O)N1CCCC1C(=O)NC(Cc1c[nH]c2ccccc12)C(=O)O. The molecule has 1 saturated heterocycles. The normalized spacial score (nSPS) is 18.7. The third kappa shape index (κ3) is 5.08. The number of amides is 3. The fraction of sp³-hybridized carbons (Fsp3) is 0.455. The average Bonchev–Trinajstić information content (AvgIpc) is 3.40. The van der Waals surface area contributed by atoms with Crippen LogP contribution in [0.4, 0.5) is 0 Å². The smallest absolute Gasteiger partial charge is 0.326 e. The summed E-state index contributed by atoms with van der Waals surface area (Å²) in [7, 11) is 0. The van der Waals surface area contributed by atoms with Gasteiger partial charge in [-0.3, -0.25) is 14.4 Å². The molecule has 3 amide bonds. The van der Waals surface area contributed by atoms with Crippen LogP contribution in [-0.2, 0) is 25.6 Å². The Labute approximate surface area is 185 Å². The molecule has 0 bridgehead atoms. The number of aromatic amines is 1. The fourth-order valence-electron chi connectivity index (χ4n) is 3.95. The standard InChI is InChI=1S/C22H29N5O5/c1-12(23)19(28)25-13(2)21(30)27-9-5-8-18(27)20(29)26-17(22(31)32)10-14-11-24-16-7-4-3-6-15(14)16/h3-4,6-7,11-13,17-18,24H,5,8-10,23H2,1-2H3,(H,25,28)(H,26,29)(H,31,32). The number of fused-ring (bicyclic) bond motifs is 1. The van der Waals surface area contributed by atoms with E-state index in [9.17, 15) is 24.3 Å². The average molecular weight is 444 g/mol. The molecule has 32 heavy (non-hydrogen) atoms. The van der Waals surface area contributed by atoms with Gasteiger partial charge in [-0.25, -0.2) is 4.79 Å². The van der Waals surface area contributed by atoms with Gasteiger partial charge >= 0.3 is 5.97 Å². The number of carbonyl (C=O) groups excluding carboxylic acids is 3. The van der Waals surface area contributed by atoms with E-state index in [0.717, 1.165) is 16.5 Å². The lowest BCUT2D eigenvalue weighted by molar-refractivity contribution is -0.144. The molecule has 1 aliphatic heterocycles. The molecule has 4 atom stereocenters. The van der Waals surface area contributed by atoms with Gasteiger partial charge in [-0.15, -0.1) is 0 Å². The van der Waals surface area contributed by atoms with Crippen molar-refractivity contribution in [3.8, 4) is 0 Å². The van der Waals surface area contributed by atoms with Crippen LogP contribution < -0.4 is 16.4 Å². The van der Waals surface area contributed by atoms with E-state index in [0.29, 0.717) is 19.4 Å². The molecule has 0 saturated carbocycles. The number of nitrogens with two attached hydrogens (primary N) is 1. The van der Waals surface area contributed by atoms with E-state index in [-0.39, 0.29) is 6.42 Å². The molecule has 1 aromatic heterocycles. The number of para-hydroxylation sites is 1. The lowest BCUT2D eigenvalue weighted by Gasteiger charge is -2.28. The maximum atomic E-state index is 12.9. The number of likely N-dealkylation sites (tertiary alicyclic amines) is 1. The van der Waals surface area contributed by atoms with Gasteiger partial charge in [0, 0.05) is 30.1 Å². The van der Waals surface area contributed by atoms with Crippen LogP contribution in [0.25, 0.3) is 10.9 Å². The summed E-state index contributed by atoms with van der Waals surface area (Å²) in [6, 6.07) is 3.98. The van der Waals surface area contributed by atoms with Gasteiger partial charge in [0.15, 0.2) is 0 Å². The second kappa shape index (κ2) is 9.82. The molecule has 2 aromatic rings. The molecule has 3 rings (SSSR count). The number of carboxylic acid groups (broad SMARTS) is 1. The number of carbonyl (C=O) groups is 4. The maximum Gasteiger partial charge on any atom is 0.326 e. The number of hydrogen-bond acceptors (Lipinski definition) is 5. The van der Waals surface area contributed by atoms with Crippen molar-refractivity contribution in [2.24, 2.45) is 5.73 Å². The van der Waals surface area contributed by atoms with Crippen LogP contribution >= 0.6 is 0 Å². The maximum absolute atomic E-state index is 12.9. The molecule has 6 N–H and O–H groups in total. The van der Waals surface area contributed by atoms with E-state index in [1.807, 2.05) is 24.3 Å². The fourth-order valence-corrected chi connectivity index (χ4v) is 3.95. The van der Waals surface area contributed by atoms with Gasteiger partial charge in [0.25, 0.3) is 0 Å². The Kier molecular flexibility index (Phi) is 7.14. The summed E-state index contributed by atoms with van der Waals surface area (Å²) >= 11 is 0. The third-order valence-electron chi connectivity index (χ3n) is 5.69. The number of hydrogen-bond donors (Lipinski definition) is 5. The summed E-state index contributed by atoms with van der Waals surface area (Å²) in [5.41, 5.74) is 7.19. The van der Waals surface area contributed by atoms with Gasteiger partial charge in [-0.05, 0) is 38.3 Å². The largest absolute Gasteiger partial charge is 0.480 e. The van der Waals surface area contributed by atoms with E-state index in [1.54, 1.807) is 6.20 Å². The van der Waals surface area contributed by atoms with E-state index in [4.69, 9.17) is 5.73 Å².